The fourth-order valence-corrected chi connectivity index (χ4v) is 2.25. The van der Waals surface area contributed by atoms with E-state index in [1.54, 1.807) is 37.3 Å². The molecule has 8 nitrogen and oxygen atoms in total. The van der Waals surface area contributed by atoms with Gasteiger partial charge in [-0.25, -0.2) is 4.79 Å². The quantitative estimate of drug-likeness (QED) is 0.484. The first kappa shape index (κ1) is 18.9. The second-order valence-electron chi connectivity index (χ2n) is 5.79. The Bertz CT molecular complexity index is 831. The summed E-state index contributed by atoms with van der Waals surface area (Å²) in [5.74, 6) is -1.30. The van der Waals surface area contributed by atoms with Crippen LogP contribution in [0.15, 0.2) is 42.5 Å². The van der Waals surface area contributed by atoms with Crippen molar-refractivity contribution in [1.82, 2.24) is 0 Å². The van der Waals surface area contributed by atoms with E-state index in [1.807, 2.05) is 19.0 Å². The van der Waals surface area contributed by atoms with Gasteiger partial charge >= 0.3 is 5.97 Å². The first-order chi connectivity index (χ1) is 12.3. The van der Waals surface area contributed by atoms with Gasteiger partial charge in [-0.2, -0.15) is 0 Å². The van der Waals surface area contributed by atoms with Crippen LogP contribution < -0.4 is 10.2 Å². The Kier molecular flexibility index (Phi) is 5.90. The van der Waals surface area contributed by atoms with Crippen molar-refractivity contribution in [3.8, 4) is 0 Å². The van der Waals surface area contributed by atoms with Crippen molar-refractivity contribution in [3.63, 3.8) is 0 Å². The number of hydrogen-bond acceptors (Lipinski definition) is 6. The molecule has 1 amide bonds. The van der Waals surface area contributed by atoms with Crippen molar-refractivity contribution in [2.75, 3.05) is 30.9 Å². The molecule has 8 heteroatoms. The SMILES string of the molecule is Cc1cccc([N+](=O)[O-])c1NC(=O)COC(=O)c1ccc(N(C)C)cc1. The van der Waals surface area contributed by atoms with E-state index in [4.69, 9.17) is 4.74 Å². The van der Waals surface area contributed by atoms with Gasteiger partial charge in [0, 0.05) is 25.8 Å². The number of aryl methyl sites for hydroxylation is 1. The summed E-state index contributed by atoms with van der Waals surface area (Å²) in [6.07, 6.45) is 0. The molecule has 2 rings (SSSR count). The minimum absolute atomic E-state index is 0.0916. The average molecular weight is 357 g/mol. The lowest BCUT2D eigenvalue weighted by Gasteiger charge is -2.12. The summed E-state index contributed by atoms with van der Waals surface area (Å²) in [5, 5.41) is 13.5. The second kappa shape index (κ2) is 8.11. The van der Waals surface area contributed by atoms with Gasteiger partial charge in [0.05, 0.1) is 10.5 Å². The van der Waals surface area contributed by atoms with Crippen LogP contribution in [0.2, 0.25) is 0 Å². The lowest BCUT2D eigenvalue weighted by atomic mass is 10.1. The van der Waals surface area contributed by atoms with Crippen molar-refractivity contribution < 1.29 is 19.2 Å². The molecule has 0 radical (unpaired) electrons. The zero-order valence-corrected chi connectivity index (χ0v) is 14.7. The molecule has 1 N–H and O–H groups in total. The minimum atomic E-state index is -0.652. The van der Waals surface area contributed by atoms with Crippen LogP contribution in [0.1, 0.15) is 15.9 Å². The maximum Gasteiger partial charge on any atom is 0.338 e. The third-order valence-electron chi connectivity index (χ3n) is 3.67. The Labute approximate surface area is 150 Å². The maximum atomic E-state index is 12.0. The summed E-state index contributed by atoms with van der Waals surface area (Å²) in [4.78, 5) is 36.4. The van der Waals surface area contributed by atoms with E-state index in [9.17, 15) is 19.7 Å². The second-order valence-corrected chi connectivity index (χ2v) is 5.79. The number of nitrogens with one attached hydrogen (secondary N) is 1. The third kappa shape index (κ3) is 4.56. The van der Waals surface area contributed by atoms with Gasteiger partial charge in [0.15, 0.2) is 6.61 Å². The number of nitro benzene ring substituents is 1. The molecule has 0 aliphatic rings. The van der Waals surface area contributed by atoms with E-state index >= 15 is 0 Å². The molecule has 0 fully saturated rings. The van der Waals surface area contributed by atoms with Crippen molar-refractivity contribution in [2.24, 2.45) is 0 Å². The summed E-state index contributed by atoms with van der Waals surface area (Å²) >= 11 is 0. The number of para-hydroxylation sites is 1. The number of nitro groups is 1. The van der Waals surface area contributed by atoms with Gasteiger partial charge in [0.1, 0.15) is 5.69 Å². The van der Waals surface area contributed by atoms with Crippen LogP contribution in [0.25, 0.3) is 0 Å². The zero-order valence-electron chi connectivity index (χ0n) is 14.7. The average Bonchev–Trinajstić information content (AvgIpc) is 2.61. The summed E-state index contributed by atoms with van der Waals surface area (Å²) in [5.41, 5.74) is 1.65. The number of anilines is 2. The third-order valence-corrected chi connectivity index (χ3v) is 3.67. The fourth-order valence-electron chi connectivity index (χ4n) is 2.25. The van der Waals surface area contributed by atoms with Crippen LogP contribution in [0.3, 0.4) is 0 Å². The summed E-state index contributed by atoms with van der Waals surface area (Å²) in [6, 6.07) is 11.2. The molecular formula is C18H19N3O5. The maximum absolute atomic E-state index is 12.0. The molecule has 0 unspecified atom stereocenters. The van der Waals surface area contributed by atoms with Crippen molar-refractivity contribution in [3.05, 3.63) is 63.7 Å². The number of carbonyl (C=O) groups is 2. The molecule has 0 saturated carbocycles. The summed E-state index contributed by atoms with van der Waals surface area (Å²) in [7, 11) is 3.75. The first-order valence-electron chi connectivity index (χ1n) is 7.78. The molecule has 2 aromatic carbocycles. The number of amides is 1. The van der Waals surface area contributed by atoms with Crippen LogP contribution >= 0.6 is 0 Å². The van der Waals surface area contributed by atoms with Gasteiger partial charge in [-0.1, -0.05) is 12.1 Å². The molecule has 0 bridgehead atoms. The molecule has 26 heavy (non-hydrogen) atoms. The first-order valence-corrected chi connectivity index (χ1v) is 7.78. The largest absolute Gasteiger partial charge is 0.452 e. The molecule has 0 spiro atoms. The number of rotatable bonds is 6. The van der Waals surface area contributed by atoms with Gasteiger partial charge in [-0.3, -0.25) is 14.9 Å². The molecule has 2 aromatic rings. The monoisotopic (exact) mass is 357 g/mol. The number of nitrogens with zero attached hydrogens (tertiary/aromatic N) is 2. The van der Waals surface area contributed by atoms with Gasteiger partial charge in [0.2, 0.25) is 0 Å². The Hall–Kier alpha value is -3.42. The molecule has 0 aliphatic heterocycles. The highest BCUT2D eigenvalue weighted by Crippen LogP contribution is 2.27. The Morgan fingerprint density at radius 3 is 2.38 bits per heavy atom. The van der Waals surface area contributed by atoms with E-state index in [0.29, 0.717) is 11.1 Å². The summed E-state index contributed by atoms with van der Waals surface area (Å²) in [6.45, 7) is 1.10. The zero-order chi connectivity index (χ0) is 19.3. The predicted octanol–water partition coefficient (Wildman–Crippen LogP) is 2.76. The highest BCUT2D eigenvalue weighted by Gasteiger charge is 2.18. The number of hydrogen-bond donors (Lipinski definition) is 1. The van der Waals surface area contributed by atoms with Gasteiger partial charge < -0.3 is 15.0 Å². The smallest absolute Gasteiger partial charge is 0.338 e. The van der Waals surface area contributed by atoms with Crippen LogP contribution in [-0.2, 0) is 9.53 Å². The van der Waals surface area contributed by atoms with Gasteiger partial charge in [-0.05, 0) is 36.8 Å². The number of esters is 1. The van der Waals surface area contributed by atoms with Crippen LogP contribution in [0.4, 0.5) is 17.1 Å². The standard InChI is InChI=1S/C18H19N3O5/c1-12-5-4-6-15(21(24)25)17(12)19-16(22)11-26-18(23)13-7-9-14(10-8-13)20(2)3/h4-10H,11H2,1-3H3,(H,19,22). The molecule has 0 atom stereocenters. The Morgan fingerprint density at radius 1 is 1.15 bits per heavy atom. The molecule has 136 valence electrons. The number of carbonyl (C=O) groups excluding carboxylic acids is 2. The minimum Gasteiger partial charge on any atom is -0.452 e. The lowest BCUT2D eigenvalue weighted by Crippen LogP contribution is -2.22. The normalized spacial score (nSPS) is 10.1. The molecule has 0 aliphatic carbocycles. The van der Waals surface area contributed by atoms with E-state index in [-0.39, 0.29) is 11.4 Å². The highest BCUT2D eigenvalue weighted by atomic mass is 16.6. The Balaban J connectivity index is 1.99. The molecule has 0 heterocycles. The molecule has 0 saturated heterocycles. The lowest BCUT2D eigenvalue weighted by molar-refractivity contribution is -0.384. The topological polar surface area (TPSA) is 102 Å². The predicted molar refractivity (Wildman–Crippen MR) is 97.5 cm³/mol. The van der Waals surface area contributed by atoms with E-state index in [0.717, 1.165) is 5.69 Å². The van der Waals surface area contributed by atoms with Crippen molar-refractivity contribution in [2.45, 2.75) is 6.92 Å². The number of benzene rings is 2. The van der Waals surface area contributed by atoms with Gasteiger partial charge in [-0.15, -0.1) is 0 Å². The summed E-state index contributed by atoms with van der Waals surface area (Å²) < 4.78 is 4.97. The molecule has 0 aromatic heterocycles. The highest BCUT2D eigenvalue weighted by molar-refractivity contribution is 5.97. The fraction of sp³-hybridized carbons (Fsp3) is 0.222. The Morgan fingerprint density at radius 2 is 1.81 bits per heavy atom. The van der Waals surface area contributed by atoms with E-state index in [2.05, 4.69) is 5.32 Å². The van der Waals surface area contributed by atoms with Gasteiger partial charge in [0.25, 0.3) is 11.6 Å². The van der Waals surface area contributed by atoms with Crippen molar-refractivity contribution in [1.29, 1.82) is 0 Å². The van der Waals surface area contributed by atoms with E-state index < -0.39 is 23.4 Å². The van der Waals surface area contributed by atoms with Crippen LogP contribution in [0, 0.1) is 17.0 Å². The molecular weight excluding hydrogens is 338 g/mol. The van der Waals surface area contributed by atoms with E-state index in [1.165, 1.54) is 12.1 Å². The van der Waals surface area contributed by atoms with Crippen molar-refractivity contribution >= 4 is 28.9 Å². The van der Waals surface area contributed by atoms with Crippen LogP contribution in [0.5, 0.6) is 0 Å². The number of ether oxygens (including phenoxy) is 1. The van der Waals surface area contributed by atoms with Crippen LogP contribution in [-0.4, -0.2) is 37.5 Å².